The first-order valence-corrected chi connectivity index (χ1v) is 23.4. The number of hydrogen-bond donors (Lipinski definition) is 1. The van der Waals surface area contributed by atoms with Crippen molar-refractivity contribution in [3.05, 3.63) is 59.7 Å². The van der Waals surface area contributed by atoms with E-state index in [1.165, 1.54) is 121 Å². The highest BCUT2D eigenvalue weighted by Gasteiger charge is 2.15. The van der Waals surface area contributed by atoms with Crippen LogP contribution in [0.15, 0.2) is 53.6 Å². The van der Waals surface area contributed by atoms with E-state index in [0.29, 0.717) is 19.4 Å². The van der Waals surface area contributed by atoms with Gasteiger partial charge >= 0.3 is 11.9 Å². The lowest BCUT2D eigenvalue weighted by molar-refractivity contribution is -0.148. The third-order valence-corrected chi connectivity index (χ3v) is 10.4. The van der Waals surface area contributed by atoms with Crippen molar-refractivity contribution in [2.24, 2.45) is 16.6 Å². The molecule has 1 unspecified atom stereocenters. The fourth-order valence-corrected chi connectivity index (χ4v) is 6.82. The highest BCUT2D eigenvalue weighted by Crippen LogP contribution is 2.13. The third-order valence-electron chi connectivity index (χ3n) is 10.4. The van der Waals surface area contributed by atoms with Crippen molar-refractivity contribution in [3.8, 4) is 0 Å². The second-order valence-electron chi connectivity index (χ2n) is 16.3. The van der Waals surface area contributed by atoms with Crippen molar-refractivity contribution in [2.45, 2.75) is 213 Å². The lowest BCUT2D eigenvalue weighted by Crippen LogP contribution is -2.23. The minimum absolute atomic E-state index is 0.120. The standard InChI is InChI=1S/C50H86N2O4/c1-4-6-8-10-12-14-16-18-20-22-24-26-28-30-32-34-49(53)55-43-48(42-52-41-47-38-36-46(37-39-47)40-45(3)51)44-56-50(54)35-33-31-29-27-25-23-21-19-17-15-13-11-9-7-5-2/h18-21,36-39,41,45,48H,4-17,22-35,40,42-44,51H2,1-3H3. The van der Waals surface area contributed by atoms with Gasteiger partial charge in [0.05, 0.1) is 13.2 Å². The molecule has 0 spiro atoms. The van der Waals surface area contributed by atoms with E-state index in [9.17, 15) is 9.59 Å². The first-order valence-electron chi connectivity index (χ1n) is 23.4. The number of carbonyl (C=O) groups excluding carboxylic acids is 2. The van der Waals surface area contributed by atoms with E-state index in [-0.39, 0.29) is 37.1 Å². The molecule has 0 fully saturated rings. The summed E-state index contributed by atoms with van der Waals surface area (Å²) in [6.07, 6.45) is 44.8. The zero-order valence-electron chi connectivity index (χ0n) is 36.6. The molecular formula is C50H86N2O4. The summed E-state index contributed by atoms with van der Waals surface area (Å²) in [5.41, 5.74) is 8.14. The van der Waals surface area contributed by atoms with Gasteiger partial charge in [0, 0.05) is 37.6 Å². The van der Waals surface area contributed by atoms with E-state index in [4.69, 9.17) is 15.2 Å². The van der Waals surface area contributed by atoms with Gasteiger partial charge in [-0.1, -0.05) is 165 Å². The average Bonchev–Trinajstić information content (AvgIpc) is 3.19. The zero-order valence-corrected chi connectivity index (χ0v) is 36.6. The lowest BCUT2D eigenvalue weighted by atomic mass is 10.1. The molecule has 0 saturated heterocycles. The van der Waals surface area contributed by atoms with Crippen LogP contribution in [0.4, 0.5) is 0 Å². The predicted molar refractivity (Wildman–Crippen MR) is 241 cm³/mol. The average molecular weight is 779 g/mol. The van der Waals surface area contributed by atoms with Crippen LogP contribution in [0.1, 0.15) is 212 Å². The quantitative estimate of drug-likeness (QED) is 0.0311. The highest BCUT2D eigenvalue weighted by molar-refractivity contribution is 5.79. The minimum Gasteiger partial charge on any atom is -0.465 e. The third kappa shape index (κ3) is 34.5. The first kappa shape index (κ1) is 51.3. The number of unbranched alkanes of at least 4 members (excludes halogenated alkanes) is 22. The summed E-state index contributed by atoms with van der Waals surface area (Å²) >= 11 is 0. The number of carbonyl (C=O) groups is 2. The number of benzene rings is 1. The van der Waals surface area contributed by atoms with Crippen LogP contribution in [0, 0.1) is 5.92 Å². The Kier molecular flexibility index (Phi) is 35.8. The first-order chi connectivity index (χ1) is 27.4. The maximum Gasteiger partial charge on any atom is 0.305 e. The Labute approximate surface area is 345 Å². The summed E-state index contributed by atoms with van der Waals surface area (Å²) in [5, 5.41) is 0. The number of nitrogens with zero attached hydrogens (tertiary/aromatic N) is 1. The molecule has 320 valence electrons. The second kappa shape index (κ2) is 39.1. The van der Waals surface area contributed by atoms with Gasteiger partial charge in [-0.2, -0.15) is 0 Å². The largest absolute Gasteiger partial charge is 0.465 e. The second-order valence-corrected chi connectivity index (χ2v) is 16.3. The van der Waals surface area contributed by atoms with Crippen LogP contribution < -0.4 is 5.73 Å². The maximum absolute atomic E-state index is 12.6. The van der Waals surface area contributed by atoms with Gasteiger partial charge in [0.15, 0.2) is 0 Å². The van der Waals surface area contributed by atoms with Crippen molar-refractivity contribution >= 4 is 18.2 Å². The van der Waals surface area contributed by atoms with E-state index in [0.717, 1.165) is 63.4 Å². The molecule has 2 N–H and O–H groups in total. The summed E-state index contributed by atoms with van der Waals surface area (Å²) in [6.45, 7) is 7.36. The molecule has 1 rings (SSSR count). The van der Waals surface area contributed by atoms with Gasteiger partial charge < -0.3 is 15.2 Å². The van der Waals surface area contributed by atoms with Crippen LogP contribution >= 0.6 is 0 Å². The van der Waals surface area contributed by atoms with Crippen LogP contribution in [-0.4, -0.2) is 44.0 Å². The molecule has 0 amide bonds. The molecule has 6 heteroatoms. The summed E-state index contributed by atoms with van der Waals surface area (Å²) in [6, 6.07) is 8.36. The Balaban J connectivity index is 2.32. The van der Waals surface area contributed by atoms with Crippen molar-refractivity contribution in [2.75, 3.05) is 19.8 Å². The molecule has 56 heavy (non-hydrogen) atoms. The summed E-state index contributed by atoms with van der Waals surface area (Å²) in [4.78, 5) is 29.8. The van der Waals surface area contributed by atoms with E-state index in [1.807, 2.05) is 25.3 Å². The van der Waals surface area contributed by atoms with Gasteiger partial charge in [-0.25, -0.2) is 0 Å². The molecule has 0 radical (unpaired) electrons. The summed E-state index contributed by atoms with van der Waals surface area (Å²) in [5.74, 6) is -0.540. The monoisotopic (exact) mass is 779 g/mol. The number of nitrogens with two attached hydrogens (primary N) is 1. The fourth-order valence-electron chi connectivity index (χ4n) is 6.82. The summed E-state index contributed by atoms with van der Waals surface area (Å²) in [7, 11) is 0. The molecular weight excluding hydrogens is 693 g/mol. The Morgan fingerprint density at radius 2 is 0.946 bits per heavy atom. The van der Waals surface area contributed by atoms with Crippen LogP contribution in [0.25, 0.3) is 0 Å². The molecule has 0 saturated carbocycles. The topological polar surface area (TPSA) is 91.0 Å². The smallest absolute Gasteiger partial charge is 0.305 e. The highest BCUT2D eigenvalue weighted by atomic mass is 16.5. The van der Waals surface area contributed by atoms with Crippen LogP contribution in [0.2, 0.25) is 0 Å². The number of allylic oxidation sites excluding steroid dienone is 4. The number of ether oxygens (including phenoxy) is 2. The van der Waals surface area contributed by atoms with E-state index >= 15 is 0 Å². The Morgan fingerprint density at radius 1 is 0.571 bits per heavy atom. The van der Waals surface area contributed by atoms with Crippen molar-refractivity contribution in [1.82, 2.24) is 0 Å². The summed E-state index contributed by atoms with van der Waals surface area (Å²) < 4.78 is 11.3. The van der Waals surface area contributed by atoms with Gasteiger partial charge in [0.1, 0.15) is 0 Å². The van der Waals surface area contributed by atoms with Gasteiger partial charge in [0.25, 0.3) is 0 Å². The van der Waals surface area contributed by atoms with Crippen molar-refractivity contribution < 1.29 is 19.1 Å². The molecule has 0 aliphatic carbocycles. The van der Waals surface area contributed by atoms with Crippen molar-refractivity contribution in [3.63, 3.8) is 0 Å². The molecule has 0 aliphatic heterocycles. The molecule has 0 heterocycles. The number of hydrogen-bond acceptors (Lipinski definition) is 6. The van der Waals surface area contributed by atoms with E-state index in [2.05, 4.69) is 55.3 Å². The minimum atomic E-state index is -0.181. The normalized spacial score (nSPS) is 12.9. The van der Waals surface area contributed by atoms with Gasteiger partial charge in [-0.15, -0.1) is 0 Å². The molecule has 1 aromatic rings. The maximum atomic E-state index is 12.6. The SMILES string of the molecule is CCCCCCCCC=CCCCCCCCC(=O)OCC(CN=Cc1ccc(CC(C)N)cc1)COC(=O)CCCCCCCC=CCCCCCCCC. The van der Waals surface area contributed by atoms with Crippen LogP contribution in [0.5, 0.6) is 0 Å². The molecule has 0 bridgehead atoms. The number of esters is 2. The Morgan fingerprint density at radius 3 is 1.34 bits per heavy atom. The van der Waals surface area contributed by atoms with Crippen LogP contribution in [-0.2, 0) is 25.5 Å². The lowest BCUT2D eigenvalue weighted by Gasteiger charge is -2.15. The molecule has 1 aromatic carbocycles. The van der Waals surface area contributed by atoms with Crippen LogP contribution in [0.3, 0.4) is 0 Å². The molecule has 0 aliphatic rings. The Hall–Kier alpha value is -2.73. The number of aliphatic imine (C=N–C) groups is 1. The fraction of sp³-hybridized carbons (Fsp3) is 0.740. The number of rotatable bonds is 39. The van der Waals surface area contributed by atoms with Gasteiger partial charge in [-0.3, -0.25) is 14.6 Å². The van der Waals surface area contributed by atoms with Crippen molar-refractivity contribution in [1.29, 1.82) is 0 Å². The van der Waals surface area contributed by atoms with Gasteiger partial charge in [-0.05, 0) is 88.7 Å². The molecule has 6 nitrogen and oxygen atoms in total. The molecule has 1 atom stereocenters. The predicted octanol–water partition coefficient (Wildman–Crippen LogP) is 13.8. The Bertz CT molecular complexity index is 1070. The van der Waals surface area contributed by atoms with Gasteiger partial charge in [0.2, 0.25) is 0 Å². The van der Waals surface area contributed by atoms with E-state index < -0.39 is 0 Å². The molecule has 0 aromatic heterocycles. The van der Waals surface area contributed by atoms with E-state index in [1.54, 1.807) is 0 Å². The zero-order chi connectivity index (χ0) is 40.6.